The first-order chi connectivity index (χ1) is 35.7. The molecule has 0 N–H and O–H groups in total. The lowest BCUT2D eigenvalue weighted by Gasteiger charge is -2.30. The molecule has 16 rings (SSSR count). The smallest absolute Gasteiger partial charge is 0.0979 e. The van der Waals surface area contributed by atoms with Crippen molar-refractivity contribution in [2.45, 2.75) is 10.8 Å². The Bertz CT molecular complexity index is 3910. The van der Waals surface area contributed by atoms with Crippen LogP contribution >= 0.6 is 0 Å². The first-order valence-corrected chi connectivity index (χ1v) is 25.1. The van der Waals surface area contributed by atoms with E-state index in [0.29, 0.717) is 0 Å². The third kappa shape index (κ3) is 5.03. The minimum absolute atomic E-state index is 0.415. The molecule has 0 unspecified atom stereocenters. The third-order valence-electron chi connectivity index (χ3n) is 16.5. The third-order valence-corrected chi connectivity index (χ3v) is 16.5. The van der Waals surface area contributed by atoms with E-state index in [4.69, 9.17) is 9.97 Å². The van der Waals surface area contributed by atoms with E-state index >= 15 is 0 Å². The Kier molecular flexibility index (Phi) is 8.05. The van der Waals surface area contributed by atoms with Crippen LogP contribution in [0.2, 0.25) is 0 Å². The number of hydrogen-bond acceptors (Lipinski definition) is 2. The molecule has 4 aliphatic carbocycles. The van der Waals surface area contributed by atoms with Crippen molar-refractivity contribution < 1.29 is 0 Å². The van der Waals surface area contributed by atoms with Crippen LogP contribution in [0.5, 0.6) is 0 Å². The van der Waals surface area contributed by atoms with Crippen molar-refractivity contribution >= 4 is 11.0 Å². The maximum Gasteiger partial charge on any atom is 0.0979 e. The monoisotopic (exact) mass is 910 g/mol. The first-order valence-electron chi connectivity index (χ1n) is 25.1. The molecule has 12 aromatic rings. The van der Waals surface area contributed by atoms with Crippen molar-refractivity contribution in [1.29, 1.82) is 0 Å². The highest BCUT2D eigenvalue weighted by Gasteiger charge is 2.53. The van der Waals surface area contributed by atoms with E-state index in [0.717, 1.165) is 55.8 Å². The van der Waals surface area contributed by atoms with Crippen LogP contribution in [0.25, 0.3) is 100 Å². The summed E-state index contributed by atoms with van der Waals surface area (Å²) in [6, 6.07) is 94.2. The predicted octanol–water partition coefficient (Wildman–Crippen LogP) is 17.0. The van der Waals surface area contributed by atoms with Gasteiger partial charge in [0.05, 0.1) is 33.3 Å². The van der Waals surface area contributed by atoms with E-state index in [9.17, 15) is 0 Å². The number of nitrogens with zero attached hydrogens (tertiary/aromatic N) is 2. The van der Waals surface area contributed by atoms with Gasteiger partial charge in [0.1, 0.15) is 0 Å². The zero-order valence-corrected chi connectivity index (χ0v) is 39.1. The molecule has 0 atom stereocenters. The van der Waals surface area contributed by atoms with Gasteiger partial charge in [0.2, 0.25) is 0 Å². The van der Waals surface area contributed by atoms with Crippen LogP contribution in [0.3, 0.4) is 0 Å². The van der Waals surface area contributed by atoms with Gasteiger partial charge in [-0.25, -0.2) is 9.97 Å². The lowest BCUT2D eigenvalue weighted by molar-refractivity contribution is 0.794. The van der Waals surface area contributed by atoms with Crippen molar-refractivity contribution in [1.82, 2.24) is 9.97 Å². The largest absolute Gasteiger partial charge is 0.243 e. The fourth-order valence-corrected chi connectivity index (χ4v) is 13.7. The fraction of sp³-hybridized carbons (Fsp3) is 0.0286. The molecule has 332 valence electrons. The standard InChI is InChI=1S/C70H42N2/c1-3-19-43(20-4-1)65-66(44-21-5-2-6-22-44)72-68-48(46-36-40-64-56(42-46)54-28-12-18-34-62(54)70(64)59-31-15-9-25-51(59)52-26-10-16-32-60(52)70)38-37-47(67(68)71-65)45-35-39-63-55(41-45)53-27-11-17-33-61(53)69(63)57-29-13-7-23-49(57)50-24-8-14-30-58(50)69/h1-42H. The second kappa shape index (κ2) is 14.6. The maximum atomic E-state index is 5.81. The van der Waals surface area contributed by atoms with Crippen LogP contribution in [0.15, 0.2) is 255 Å². The molecule has 0 aliphatic heterocycles. The van der Waals surface area contributed by atoms with Gasteiger partial charge in [-0.05, 0) is 112 Å². The molecule has 2 heteroatoms. The molecule has 1 heterocycles. The predicted molar refractivity (Wildman–Crippen MR) is 294 cm³/mol. The van der Waals surface area contributed by atoms with Crippen molar-refractivity contribution in [3.8, 4) is 89.3 Å². The zero-order valence-electron chi connectivity index (χ0n) is 39.1. The van der Waals surface area contributed by atoms with Crippen LogP contribution in [0, 0.1) is 0 Å². The lowest BCUT2D eigenvalue weighted by Crippen LogP contribution is -2.25. The van der Waals surface area contributed by atoms with E-state index in [2.05, 4.69) is 255 Å². The van der Waals surface area contributed by atoms with Gasteiger partial charge in [0, 0.05) is 22.3 Å². The summed E-state index contributed by atoms with van der Waals surface area (Å²) in [5, 5.41) is 0. The second-order valence-electron chi connectivity index (χ2n) is 19.8. The van der Waals surface area contributed by atoms with Gasteiger partial charge in [-0.3, -0.25) is 0 Å². The minimum atomic E-state index is -0.415. The maximum absolute atomic E-state index is 5.81. The number of fused-ring (bicyclic) bond motifs is 21. The fourth-order valence-electron chi connectivity index (χ4n) is 13.7. The first kappa shape index (κ1) is 39.6. The Morgan fingerprint density at radius 2 is 0.458 bits per heavy atom. The van der Waals surface area contributed by atoms with E-state index in [1.165, 1.54) is 89.0 Å². The Morgan fingerprint density at radius 3 is 0.778 bits per heavy atom. The van der Waals surface area contributed by atoms with Crippen LogP contribution in [0.1, 0.15) is 44.5 Å². The highest BCUT2D eigenvalue weighted by Crippen LogP contribution is 2.65. The van der Waals surface area contributed by atoms with Crippen molar-refractivity contribution in [2.24, 2.45) is 0 Å². The molecule has 72 heavy (non-hydrogen) atoms. The molecule has 4 aliphatic rings. The summed E-state index contributed by atoms with van der Waals surface area (Å²) in [5.41, 5.74) is 30.0. The van der Waals surface area contributed by atoms with E-state index in [-0.39, 0.29) is 0 Å². The van der Waals surface area contributed by atoms with E-state index in [1.54, 1.807) is 0 Å². The summed E-state index contributed by atoms with van der Waals surface area (Å²) >= 11 is 0. The van der Waals surface area contributed by atoms with Gasteiger partial charge in [0.25, 0.3) is 0 Å². The summed E-state index contributed by atoms with van der Waals surface area (Å²) in [6.45, 7) is 0. The van der Waals surface area contributed by atoms with Crippen molar-refractivity contribution in [3.63, 3.8) is 0 Å². The van der Waals surface area contributed by atoms with Gasteiger partial charge in [-0.2, -0.15) is 0 Å². The molecule has 2 spiro atoms. The highest BCUT2D eigenvalue weighted by molar-refractivity contribution is 6.06. The van der Waals surface area contributed by atoms with Crippen LogP contribution in [-0.4, -0.2) is 9.97 Å². The lowest BCUT2D eigenvalue weighted by atomic mass is 9.70. The quantitative estimate of drug-likeness (QED) is 0.176. The number of benzene rings is 11. The summed E-state index contributed by atoms with van der Waals surface area (Å²) < 4.78 is 0. The summed E-state index contributed by atoms with van der Waals surface area (Å²) in [7, 11) is 0. The summed E-state index contributed by atoms with van der Waals surface area (Å²) in [4.78, 5) is 11.6. The molecule has 0 saturated carbocycles. The Hall–Kier alpha value is -9.24. The Labute approximate surface area is 418 Å². The number of aromatic nitrogens is 2. The van der Waals surface area contributed by atoms with Crippen LogP contribution in [0.4, 0.5) is 0 Å². The molecule has 0 bridgehead atoms. The number of rotatable bonds is 4. The molecular weight excluding hydrogens is 869 g/mol. The van der Waals surface area contributed by atoms with Gasteiger partial charge in [-0.1, -0.05) is 243 Å². The highest BCUT2D eigenvalue weighted by atomic mass is 14.8. The minimum Gasteiger partial charge on any atom is -0.243 e. The van der Waals surface area contributed by atoms with Gasteiger partial charge in [0.15, 0.2) is 0 Å². The topological polar surface area (TPSA) is 25.8 Å². The van der Waals surface area contributed by atoms with Crippen LogP contribution < -0.4 is 0 Å². The molecule has 0 amide bonds. The Morgan fingerprint density at radius 1 is 0.194 bits per heavy atom. The molecule has 0 fully saturated rings. The summed E-state index contributed by atoms with van der Waals surface area (Å²) in [6.07, 6.45) is 0. The molecular formula is C70H42N2. The normalized spacial score (nSPS) is 14.1. The van der Waals surface area contributed by atoms with Gasteiger partial charge < -0.3 is 0 Å². The van der Waals surface area contributed by atoms with Crippen molar-refractivity contribution in [2.75, 3.05) is 0 Å². The average molecular weight is 911 g/mol. The van der Waals surface area contributed by atoms with Gasteiger partial charge in [-0.15, -0.1) is 0 Å². The second-order valence-corrected chi connectivity index (χ2v) is 19.8. The molecule has 11 aromatic carbocycles. The molecule has 2 nitrogen and oxygen atoms in total. The van der Waals surface area contributed by atoms with E-state index < -0.39 is 10.8 Å². The van der Waals surface area contributed by atoms with Gasteiger partial charge >= 0.3 is 0 Å². The average Bonchev–Trinajstić information content (AvgIpc) is 4.14. The summed E-state index contributed by atoms with van der Waals surface area (Å²) in [5.74, 6) is 0. The Balaban J connectivity index is 0.948. The molecule has 1 aromatic heterocycles. The number of hydrogen-bond donors (Lipinski definition) is 0. The SMILES string of the molecule is c1ccc(-c2nc3c(-c4ccc5c(c4)-c4ccccc4C54c5ccccc5-c5ccccc54)ccc(-c4ccc5c(c4)-c4ccccc4C54c5ccccc5-c5ccccc54)c3nc2-c2ccccc2)cc1. The van der Waals surface area contributed by atoms with E-state index in [1.807, 2.05) is 0 Å². The van der Waals surface area contributed by atoms with Crippen molar-refractivity contribution in [3.05, 3.63) is 299 Å². The van der Waals surface area contributed by atoms with Crippen LogP contribution in [-0.2, 0) is 10.8 Å². The zero-order chi connectivity index (χ0) is 47.1. The molecule has 0 saturated heterocycles. The molecule has 0 radical (unpaired) electrons.